The molecule has 0 radical (unpaired) electrons. The number of nitrogens with zero attached hydrogens (tertiary/aromatic N) is 1. The Morgan fingerprint density at radius 1 is 1.03 bits per heavy atom. The zero-order valence-electron chi connectivity index (χ0n) is 16.4. The number of rotatable bonds is 7. The van der Waals surface area contributed by atoms with Crippen LogP contribution in [0.1, 0.15) is 40.0 Å². The van der Waals surface area contributed by atoms with Crippen molar-refractivity contribution in [2.24, 2.45) is 0 Å². The maximum absolute atomic E-state index is 12.7. The third kappa shape index (κ3) is 5.60. The van der Waals surface area contributed by atoms with Gasteiger partial charge in [-0.2, -0.15) is 0 Å². The highest BCUT2D eigenvalue weighted by molar-refractivity contribution is 9.10. The number of hydrogen-bond acceptors (Lipinski definition) is 4. The molecule has 0 bridgehead atoms. The van der Waals surface area contributed by atoms with Gasteiger partial charge in [0.25, 0.3) is 11.8 Å². The molecule has 0 aliphatic carbocycles. The number of nitrogens with one attached hydrogen (secondary N) is 2. The summed E-state index contributed by atoms with van der Waals surface area (Å²) in [6.45, 7) is 1.35. The van der Waals surface area contributed by atoms with Crippen molar-refractivity contribution in [2.45, 2.75) is 25.3 Å². The topological polar surface area (TPSA) is 98.7 Å². The lowest BCUT2D eigenvalue weighted by Crippen LogP contribution is -2.46. The molecule has 3 N–H and O–H groups in total. The molecule has 30 heavy (non-hydrogen) atoms. The van der Waals surface area contributed by atoms with Crippen molar-refractivity contribution in [1.29, 1.82) is 0 Å². The third-order valence-electron chi connectivity index (χ3n) is 4.95. The largest absolute Gasteiger partial charge is 0.508 e. The summed E-state index contributed by atoms with van der Waals surface area (Å²) in [4.78, 5) is 39.0. The van der Waals surface area contributed by atoms with E-state index in [1.807, 2.05) is 12.1 Å². The number of phenols is 1. The number of hydrogen-bond donors (Lipinski definition) is 3. The van der Waals surface area contributed by atoms with Crippen molar-refractivity contribution in [3.8, 4) is 5.75 Å². The fourth-order valence-electron chi connectivity index (χ4n) is 3.41. The van der Waals surface area contributed by atoms with Crippen LogP contribution >= 0.6 is 15.9 Å². The first-order valence-electron chi connectivity index (χ1n) is 9.87. The molecule has 0 spiro atoms. The van der Waals surface area contributed by atoms with E-state index in [1.54, 1.807) is 29.2 Å². The first-order chi connectivity index (χ1) is 14.5. The zero-order valence-corrected chi connectivity index (χ0v) is 18.0. The Labute approximate surface area is 183 Å². The number of aromatic hydroxyl groups is 1. The SMILES string of the molecule is O=C(NCCCNC(=O)C1CCCN1C(=O)c1ccc(Br)cc1)c1cccc(O)c1. The molecule has 1 fully saturated rings. The van der Waals surface area contributed by atoms with Crippen molar-refractivity contribution in [3.63, 3.8) is 0 Å². The molecule has 2 aromatic carbocycles. The van der Waals surface area contributed by atoms with Gasteiger partial charge in [0.2, 0.25) is 5.91 Å². The van der Waals surface area contributed by atoms with Crippen LogP contribution in [0.3, 0.4) is 0 Å². The number of likely N-dealkylation sites (tertiary alicyclic amines) is 1. The molecular formula is C22H24BrN3O4. The van der Waals surface area contributed by atoms with Crippen molar-refractivity contribution < 1.29 is 19.5 Å². The normalized spacial score (nSPS) is 15.6. The van der Waals surface area contributed by atoms with Crippen LogP contribution in [0.25, 0.3) is 0 Å². The quantitative estimate of drug-likeness (QED) is 0.538. The van der Waals surface area contributed by atoms with Gasteiger partial charge in [0.15, 0.2) is 0 Å². The fourth-order valence-corrected chi connectivity index (χ4v) is 3.67. The smallest absolute Gasteiger partial charge is 0.254 e. The Balaban J connectivity index is 1.43. The van der Waals surface area contributed by atoms with Gasteiger partial charge < -0.3 is 20.6 Å². The molecule has 158 valence electrons. The van der Waals surface area contributed by atoms with Gasteiger partial charge in [-0.15, -0.1) is 0 Å². The summed E-state index contributed by atoms with van der Waals surface area (Å²) in [7, 11) is 0. The van der Waals surface area contributed by atoms with E-state index in [9.17, 15) is 19.5 Å². The highest BCUT2D eigenvalue weighted by atomic mass is 79.9. The van der Waals surface area contributed by atoms with Crippen LogP contribution in [0.15, 0.2) is 53.0 Å². The predicted octanol–water partition coefficient (Wildman–Crippen LogP) is 2.70. The van der Waals surface area contributed by atoms with Crippen LogP contribution in [0.4, 0.5) is 0 Å². The molecule has 0 aromatic heterocycles. The average Bonchev–Trinajstić information content (AvgIpc) is 3.23. The summed E-state index contributed by atoms with van der Waals surface area (Å²) in [5, 5.41) is 15.0. The molecule has 8 heteroatoms. The molecular weight excluding hydrogens is 450 g/mol. The van der Waals surface area contributed by atoms with Gasteiger partial charge in [-0.25, -0.2) is 0 Å². The molecule has 1 aliphatic rings. The van der Waals surface area contributed by atoms with E-state index in [2.05, 4.69) is 26.6 Å². The monoisotopic (exact) mass is 473 g/mol. The fraction of sp³-hybridized carbons (Fsp3) is 0.318. The summed E-state index contributed by atoms with van der Waals surface area (Å²) >= 11 is 3.35. The van der Waals surface area contributed by atoms with Crippen molar-refractivity contribution in [3.05, 3.63) is 64.1 Å². The summed E-state index contributed by atoms with van der Waals surface area (Å²) in [5.74, 6) is -0.552. The first-order valence-corrected chi connectivity index (χ1v) is 10.7. The summed E-state index contributed by atoms with van der Waals surface area (Å²) < 4.78 is 0.894. The minimum absolute atomic E-state index is 0.0358. The molecule has 1 unspecified atom stereocenters. The van der Waals surface area contributed by atoms with E-state index in [0.29, 0.717) is 43.6 Å². The van der Waals surface area contributed by atoms with Gasteiger partial charge in [0.1, 0.15) is 11.8 Å². The Bertz CT molecular complexity index is 917. The van der Waals surface area contributed by atoms with Gasteiger partial charge in [0.05, 0.1) is 0 Å². The Morgan fingerprint density at radius 3 is 2.50 bits per heavy atom. The van der Waals surface area contributed by atoms with E-state index in [-0.39, 0.29) is 23.5 Å². The Morgan fingerprint density at radius 2 is 1.77 bits per heavy atom. The van der Waals surface area contributed by atoms with Gasteiger partial charge in [-0.05, 0) is 61.7 Å². The van der Waals surface area contributed by atoms with E-state index < -0.39 is 6.04 Å². The van der Waals surface area contributed by atoms with Gasteiger partial charge in [-0.1, -0.05) is 22.0 Å². The van der Waals surface area contributed by atoms with E-state index in [1.165, 1.54) is 12.1 Å². The lowest BCUT2D eigenvalue weighted by molar-refractivity contribution is -0.124. The van der Waals surface area contributed by atoms with E-state index in [4.69, 9.17) is 0 Å². The highest BCUT2D eigenvalue weighted by Crippen LogP contribution is 2.21. The molecule has 1 aliphatic heterocycles. The summed E-state index contributed by atoms with van der Waals surface area (Å²) in [6, 6.07) is 12.8. The number of carbonyl (C=O) groups excluding carboxylic acids is 3. The summed E-state index contributed by atoms with van der Waals surface area (Å²) in [5.41, 5.74) is 0.944. The van der Waals surface area contributed by atoms with Crippen LogP contribution in [0, 0.1) is 0 Å². The van der Waals surface area contributed by atoms with Gasteiger partial charge in [-0.3, -0.25) is 14.4 Å². The van der Waals surface area contributed by atoms with Crippen molar-refractivity contribution >= 4 is 33.7 Å². The number of carbonyl (C=O) groups is 3. The molecule has 7 nitrogen and oxygen atoms in total. The molecule has 2 aromatic rings. The average molecular weight is 474 g/mol. The maximum Gasteiger partial charge on any atom is 0.254 e. The molecule has 1 atom stereocenters. The lowest BCUT2D eigenvalue weighted by Gasteiger charge is -2.24. The second-order valence-corrected chi connectivity index (χ2v) is 8.03. The molecule has 3 amide bonds. The minimum atomic E-state index is -0.469. The number of halogens is 1. The van der Waals surface area contributed by atoms with Crippen molar-refractivity contribution in [1.82, 2.24) is 15.5 Å². The molecule has 1 saturated heterocycles. The second-order valence-electron chi connectivity index (χ2n) is 7.11. The molecule has 3 rings (SSSR count). The number of phenolic OH excluding ortho intramolecular Hbond substituents is 1. The Hall–Kier alpha value is -2.87. The maximum atomic E-state index is 12.7. The second kappa shape index (κ2) is 10.2. The summed E-state index contributed by atoms with van der Waals surface area (Å²) in [6.07, 6.45) is 1.99. The highest BCUT2D eigenvalue weighted by Gasteiger charge is 2.34. The van der Waals surface area contributed by atoms with E-state index >= 15 is 0 Å². The van der Waals surface area contributed by atoms with Crippen LogP contribution in [-0.2, 0) is 4.79 Å². The third-order valence-corrected chi connectivity index (χ3v) is 5.48. The van der Waals surface area contributed by atoms with Crippen molar-refractivity contribution in [2.75, 3.05) is 19.6 Å². The van der Waals surface area contributed by atoms with Crippen LogP contribution in [-0.4, -0.2) is 53.4 Å². The van der Waals surface area contributed by atoms with Gasteiger partial charge >= 0.3 is 0 Å². The minimum Gasteiger partial charge on any atom is -0.508 e. The Kier molecular flexibility index (Phi) is 7.46. The lowest BCUT2D eigenvalue weighted by atomic mass is 10.1. The standard InChI is InChI=1S/C22H24BrN3O4/c23-17-9-7-15(8-10-17)22(30)26-13-2-6-19(26)21(29)25-12-3-11-24-20(28)16-4-1-5-18(27)14-16/h1,4-5,7-10,14,19,27H,2-3,6,11-13H2,(H,24,28)(H,25,29). The first kappa shape index (κ1) is 21.8. The predicted molar refractivity (Wildman–Crippen MR) is 116 cm³/mol. The zero-order chi connectivity index (χ0) is 21.5. The molecule has 0 saturated carbocycles. The van der Waals surface area contributed by atoms with E-state index in [0.717, 1.165) is 10.9 Å². The molecule has 1 heterocycles. The number of benzene rings is 2. The van der Waals surface area contributed by atoms with Gasteiger partial charge in [0, 0.05) is 35.2 Å². The van der Waals surface area contributed by atoms with Crippen LogP contribution in [0.2, 0.25) is 0 Å². The number of amides is 3. The van der Waals surface area contributed by atoms with Crippen LogP contribution in [0.5, 0.6) is 5.75 Å². The van der Waals surface area contributed by atoms with Crippen LogP contribution < -0.4 is 10.6 Å².